The molecule has 0 unspecified atom stereocenters. The molecular formula is C68H85FN11O8+. The Labute approximate surface area is 516 Å². The third kappa shape index (κ3) is 19.0. The van der Waals surface area contributed by atoms with Crippen molar-refractivity contribution in [1.82, 2.24) is 40.4 Å². The van der Waals surface area contributed by atoms with Crippen molar-refractivity contribution >= 4 is 52.4 Å². The van der Waals surface area contributed by atoms with E-state index in [1.807, 2.05) is 0 Å². The molecule has 2 aliphatic heterocycles. The normalized spacial score (nSPS) is 14.5. The zero-order valence-corrected chi connectivity index (χ0v) is 51.9. The summed E-state index contributed by atoms with van der Waals surface area (Å²) >= 11 is 0. The van der Waals surface area contributed by atoms with Crippen LogP contribution in [0.25, 0.3) is 22.5 Å². The van der Waals surface area contributed by atoms with Gasteiger partial charge in [0.05, 0.1) is 63.0 Å². The van der Waals surface area contributed by atoms with Gasteiger partial charge in [0, 0.05) is 130 Å². The molecule has 19 nitrogen and oxygen atoms in total. The van der Waals surface area contributed by atoms with Gasteiger partial charge in [0.25, 0.3) is 0 Å². The Morgan fingerprint density at radius 3 is 1.92 bits per heavy atom. The van der Waals surface area contributed by atoms with Crippen molar-refractivity contribution < 1.29 is 47.1 Å². The zero-order valence-electron chi connectivity index (χ0n) is 51.9. The average Bonchev–Trinajstić information content (AvgIpc) is 1.88. The number of benzene rings is 2. The molecule has 0 radical (unpaired) electrons. The Hall–Kier alpha value is -8.59. The van der Waals surface area contributed by atoms with Crippen LogP contribution in [-0.2, 0) is 49.0 Å². The quantitative estimate of drug-likeness (QED) is 0.0200. The van der Waals surface area contributed by atoms with Crippen molar-refractivity contribution in [3.8, 4) is 22.5 Å². The van der Waals surface area contributed by atoms with Crippen molar-refractivity contribution in [2.75, 3.05) is 104 Å². The smallest absolute Gasteiger partial charge is 0.239 e. The highest BCUT2D eigenvalue weighted by Gasteiger charge is 2.42. The second kappa shape index (κ2) is 33.5. The van der Waals surface area contributed by atoms with E-state index in [-0.39, 0.29) is 71.6 Å². The maximum Gasteiger partial charge on any atom is 0.239 e. The van der Waals surface area contributed by atoms with E-state index >= 15 is 0 Å². The fourth-order valence-electron chi connectivity index (χ4n) is 10.7. The van der Waals surface area contributed by atoms with Gasteiger partial charge in [-0.1, -0.05) is 87.0 Å². The lowest BCUT2D eigenvalue weighted by atomic mass is 9.81. The predicted molar refractivity (Wildman–Crippen MR) is 340 cm³/mol. The molecule has 0 spiro atoms. The van der Waals surface area contributed by atoms with Crippen LogP contribution < -0.4 is 20.9 Å². The van der Waals surface area contributed by atoms with Crippen LogP contribution >= 0.6 is 0 Å². The summed E-state index contributed by atoms with van der Waals surface area (Å²) in [5.74, 6) is -1.96. The van der Waals surface area contributed by atoms with E-state index in [1.165, 1.54) is 69.2 Å². The van der Waals surface area contributed by atoms with Crippen LogP contribution in [0.2, 0.25) is 0 Å². The fraction of sp³-hybridized carbons (Fsp3) is 0.412. The van der Waals surface area contributed by atoms with Crippen LogP contribution in [0, 0.1) is 5.82 Å². The lowest BCUT2D eigenvalue weighted by molar-refractivity contribution is -0.401. The standard InChI is InChI=1S/C68H84FN11O8/c1-67(2)52-24-15-17-26-55(52)79(7)57(67)28-12-9-8-10-13-29-58-68(3,4)53-25-16-18-27-56(53)80(58)38-19-11-14-30-63(84)77(5)48-61(82)72-35-21-39-86-41-43-88-44-42-87-40-22-36-73-62(83)49-78(6)64(85)32-31-60(81)75-59-47-74-66(51-33-37-71-46-54(51)69)65(76-59)50-23-20-34-70-45-50/h8-10,12-13,15-18,20,23-29,33-34,37,45-47H,11,14,19,21-22,30-32,35-36,38-44,48-49H2,1-7H3,(H2-,71,72,73,75,76,81,82,83)/p+1. The molecule has 5 heterocycles. The number of carbonyl (C=O) groups is 5. The number of nitrogens with one attached hydrogen (secondary N) is 3. The van der Waals surface area contributed by atoms with Gasteiger partial charge in [-0.05, 0) is 75.4 Å². The fourth-order valence-corrected chi connectivity index (χ4v) is 10.7. The van der Waals surface area contributed by atoms with Crippen LogP contribution in [0.3, 0.4) is 0 Å². The van der Waals surface area contributed by atoms with E-state index in [1.54, 1.807) is 31.6 Å². The predicted octanol–water partition coefficient (Wildman–Crippen LogP) is 9.05. The van der Waals surface area contributed by atoms with E-state index in [0.717, 1.165) is 32.0 Å². The van der Waals surface area contributed by atoms with E-state index in [4.69, 9.17) is 14.2 Å². The highest BCUT2D eigenvalue weighted by molar-refractivity contribution is 6.03. The number of hydrogen-bond acceptors (Lipinski definition) is 13. The summed E-state index contributed by atoms with van der Waals surface area (Å²) in [6, 6.07) is 22.1. The van der Waals surface area contributed by atoms with E-state index in [2.05, 4.69) is 171 Å². The molecule has 466 valence electrons. The van der Waals surface area contributed by atoms with Gasteiger partial charge in [0.2, 0.25) is 35.2 Å². The molecule has 3 aromatic heterocycles. The maximum absolute atomic E-state index is 14.6. The Morgan fingerprint density at radius 1 is 0.625 bits per heavy atom. The van der Waals surface area contributed by atoms with Gasteiger partial charge in [0.1, 0.15) is 12.7 Å². The van der Waals surface area contributed by atoms with Gasteiger partial charge in [-0.25, -0.2) is 14.4 Å². The number of aromatic nitrogens is 4. The van der Waals surface area contributed by atoms with Crippen LogP contribution in [0.1, 0.15) is 90.2 Å². The lowest BCUT2D eigenvalue weighted by Gasteiger charge is -2.27. The molecule has 5 amide bonds. The number of hydrogen-bond donors (Lipinski definition) is 3. The molecule has 0 atom stereocenters. The van der Waals surface area contributed by atoms with Gasteiger partial charge < -0.3 is 44.9 Å². The first-order valence-corrected chi connectivity index (χ1v) is 30.2. The molecule has 88 heavy (non-hydrogen) atoms. The molecule has 7 rings (SSSR count). The van der Waals surface area contributed by atoms with Crippen molar-refractivity contribution in [3.05, 3.63) is 163 Å². The first-order valence-electron chi connectivity index (χ1n) is 30.2. The largest absolute Gasteiger partial charge is 0.379 e. The highest BCUT2D eigenvalue weighted by Crippen LogP contribution is 2.48. The molecule has 5 aromatic rings. The van der Waals surface area contributed by atoms with Gasteiger partial charge in [0.15, 0.2) is 17.3 Å². The highest BCUT2D eigenvalue weighted by atomic mass is 19.1. The second-order valence-electron chi connectivity index (χ2n) is 22.7. The van der Waals surface area contributed by atoms with Gasteiger partial charge >= 0.3 is 0 Å². The summed E-state index contributed by atoms with van der Waals surface area (Å²) in [6.45, 7) is 12.9. The minimum absolute atomic E-state index is 0.00110. The van der Waals surface area contributed by atoms with Crippen molar-refractivity contribution in [1.29, 1.82) is 0 Å². The number of amides is 5. The number of nitrogens with zero attached hydrogens (tertiary/aromatic N) is 8. The summed E-state index contributed by atoms with van der Waals surface area (Å²) in [5, 5.41) is 8.28. The second-order valence-corrected chi connectivity index (χ2v) is 22.7. The number of anilines is 2. The van der Waals surface area contributed by atoms with Crippen molar-refractivity contribution in [2.24, 2.45) is 0 Å². The number of likely N-dealkylation sites (N-methyl/N-ethyl adjacent to an activating group) is 2. The molecule has 0 fully saturated rings. The van der Waals surface area contributed by atoms with Crippen LogP contribution in [0.5, 0.6) is 0 Å². The van der Waals surface area contributed by atoms with Crippen LogP contribution in [0.15, 0.2) is 146 Å². The summed E-state index contributed by atoms with van der Waals surface area (Å²) in [6.07, 6.45) is 25.6. The Bertz CT molecular complexity index is 3340. The Morgan fingerprint density at radius 2 is 1.25 bits per heavy atom. The number of carbonyl (C=O) groups excluding carboxylic acids is 5. The monoisotopic (exact) mass is 1200 g/mol. The number of para-hydroxylation sites is 2. The lowest BCUT2D eigenvalue weighted by Crippen LogP contribution is -2.39. The first-order chi connectivity index (χ1) is 42.5. The number of unbranched alkanes of at least 4 members (excludes halogenated alkanes) is 2. The molecule has 2 aromatic carbocycles. The average molecular weight is 1200 g/mol. The van der Waals surface area contributed by atoms with Crippen molar-refractivity contribution in [3.63, 3.8) is 0 Å². The zero-order chi connectivity index (χ0) is 62.9. The third-order valence-electron chi connectivity index (χ3n) is 15.5. The number of pyridine rings is 2. The molecule has 0 saturated carbocycles. The van der Waals surface area contributed by atoms with Crippen molar-refractivity contribution in [2.45, 2.75) is 89.9 Å². The number of ether oxygens (including phenoxy) is 3. The van der Waals surface area contributed by atoms with Gasteiger partial charge in [-0.2, -0.15) is 4.58 Å². The topological polar surface area (TPSA) is 213 Å². The van der Waals surface area contributed by atoms with E-state index < -0.39 is 17.6 Å². The number of rotatable bonds is 34. The van der Waals surface area contributed by atoms with E-state index in [9.17, 15) is 28.4 Å². The Kier molecular flexibility index (Phi) is 25.5. The molecular weight excluding hydrogens is 1120 g/mol. The van der Waals surface area contributed by atoms with E-state index in [0.29, 0.717) is 83.3 Å². The SMILES string of the molecule is CN(CC(=O)NCCCOCCOCCOCCCNC(=O)CN(C)C(=O)CCC(=O)Nc1cnc(-c2ccncc2F)c(-c2cccnc2)n1)C(=O)CCCCCN1\C(=C/C=C/C=C/C=C/C2=[N+](C)c3ccccc3C2(C)C)C(C)(C)c2ccccc21. The minimum atomic E-state index is -0.583. The van der Waals surface area contributed by atoms with Crippen LogP contribution in [0.4, 0.5) is 21.6 Å². The van der Waals surface area contributed by atoms with Gasteiger partial charge in [-0.3, -0.25) is 33.9 Å². The Balaban J connectivity index is 0.665. The summed E-state index contributed by atoms with van der Waals surface area (Å²) in [7, 11) is 5.29. The summed E-state index contributed by atoms with van der Waals surface area (Å²) in [5.41, 5.74) is 8.70. The maximum atomic E-state index is 14.6. The molecule has 0 saturated heterocycles. The molecule has 0 aliphatic carbocycles. The third-order valence-corrected chi connectivity index (χ3v) is 15.5. The molecule has 3 N–H and O–H groups in total. The minimum Gasteiger partial charge on any atom is -0.379 e. The molecule has 2 aliphatic rings. The number of allylic oxidation sites excluding steroid dienone is 8. The van der Waals surface area contributed by atoms with Gasteiger partial charge in [-0.15, -0.1) is 0 Å². The number of fused-ring (bicyclic) bond motifs is 2. The van der Waals surface area contributed by atoms with Crippen LogP contribution in [-0.4, -0.2) is 163 Å². The first kappa shape index (κ1) is 66.9. The summed E-state index contributed by atoms with van der Waals surface area (Å²) < 4.78 is 33.7. The number of halogens is 1. The molecule has 20 heteroatoms. The summed E-state index contributed by atoms with van der Waals surface area (Å²) in [4.78, 5) is 85.6. The molecule has 0 bridgehead atoms.